The molecule has 0 unspecified atom stereocenters. The minimum Gasteiger partial charge on any atom is -0.310 e. The zero-order valence-corrected chi connectivity index (χ0v) is 38.5. The molecule has 320 valence electrons. The third-order valence-electron chi connectivity index (χ3n) is 14.5. The maximum absolute atomic E-state index is 2.58. The van der Waals surface area contributed by atoms with E-state index in [1.807, 2.05) is 0 Å². The highest BCUT2D eigenvalue weighted by atomic mass is 15.1. The maximum atomic E-state index is 2.58. The van der Waals surface area contributed by atoms with E-state index in [9.17, 15) is 0 Å². The van der Waals surface area contributed by atoms with Crippen LogP contribution in [0.3, 0.4) is 0 Å². The molecule has 2 nitrogen and oxygen atoms in total. The van der Waals surface area contributed by atoms with Gasteiger partial charge in [-0.25, -0.2) is 0 Å². The van der Waals surface area contributed by atoms with E-state index in [2.05, 4.69) is 219 Å². The molecule has 0 aromatic heterocycles. The molecule has 2 aliphatic rings. The molecular formula is C64H54N2. The molecule has 0 saturated carbocycles. The van der Waals surface area contributed by atoms with Gasteiger partial charge in [0.15, 0.2) is 0 Å². The molecule has 10 aromatic carbocycles. The summed E-state index contributed by atoms with van der Waals surface area (Å²) in [6, 6.07) is 68.9. The lowest BCUT2D eigenvalue weighted by Crippen LogP contribution is -2.11. The fourth-order valence-corrected chi connectivity index (χ4v) is 11.0. The average Bonchev–Trinajstić information content (AvgIpc) is 3.35. The molecule has 0 bridgehead atoms. The molecule has 0 heterocycles. The SMILES string of the molecule is Cc1ccc(N(c2ccc(C)cc2)c2ccc3cc(-c4cc5c6c(c(-c7ccc8cc(N(c9ccc(C)cc9)c9ccc(C)cc9)ccc8c7)cc7c6c4CCC7)CCC5)ccc3c2)cc1. The van der Waals surface area contributed by atoms with Crippen molar-refractivity contribution in [3.8, 4) is 22.3 Å². The van der Waals surface area contributed by atoms with Crippen molar-refractivity contribution in [3.63, 3.8) is 0 Å². The Kier molecular flexibility index (Phi) is 9.86. The smallest absolute Gasteiger partial charge is 0.0468 e. The molecule has 66 heavy (non-hydrogen) atoms. The minimum absolute atomic E-state index is 1.12. The highest BCUT2D eigenvalue weighted by Gasteiger charge is 2.27. The number of hydrogen-bond acceptors (Lipinski definition) is 2. The number of aryl methyl sites for hydroxylation is 8. The van der Waals surface area contributed by atoms with Crippen LogP contribution in [0.15, 0.2) is 182 Å². The standard InChI is InChI=1S/C64H54N2/c1-41-11-25-53(26-12-41)65(54-27-13-42(2)14-28-54)57-33-23-45-35-49(21-19-47(45)37-57)61-39-51-7-6-10-60-62(40-52-8-5-9-59(61)63(52)64(51)60)50-22-20-48-38-58(34-24-46(48)36-50)66(55-29-15-43(3)16-30-55)56-31-17-44(4)18-32-56/h11-40H,5-10H2,1-4H3. The molecule has 12 rings (SSSR count). The number of fused-ring (bicyclic) bond motifs is 2. The van der Waals surface area contributed by atoms with Crippen LogP contribution in [-0.2, 0) is 25.7 Å². The van der Waals surface area contributed by atoms with Crippen LogP contribution in [0.25, 0.3) is 54.6 Å². The predicted octanol–water partition coefficient (Wildman–Crippen LogP) is 17.6. The third kappa shape index (κ3) is 7.13. The second-order valence-corrected chi connectivity index (χ2v) is 19.1. The quantitative estimate of drug-likeness (QED) is 0.150. The van der Waals surface area contributed by atoms with Crippen molar-refractivity contribution in [2.45, 2.75) is 66.2 Å². The molecule has 0 saturated heterocycles. The van der Waals surface area contributed by atoms with Gasteiger partial charge >= 0.3 is 0 Å². The van der Waals surface area contributed by atoms with Gasteiger partial charge in [-0.05, 0) is 228 Å². The zero-order chi connectivity index (χ0) is 44.5. The van der Waals surface area contributed by atoms with Crippen molar-refractivity contribution in [2.75, 3.05) is 9.80 Å². The normalized spacial score (nSPS) is 13.1. The summed E-state index contributed by atoms with van der Waals surface area (Å²) in [5.74, 6) is 0. The maximum Gasteiger partial charge on any atom is 0.0468 e. The van der Waals surface area contributed by atoms with E-state index >= 15 is 0 Å². The molecule has 2 heteroatoms. The first-order valence-electron chi connectivity index (χ1n) is 23.9. The summed E-state index contributed by atoms with van der Waals surface area (Å²) in [4.78, 5) is 4.75. The Balaban J connectivity index is 0.914. The zero-order valence-electron chi connectivity index (χ0n) is 38.5. The summed E-state index contributed by atoms with van der Waals surface area (Å²) in [6.07, 6.45) is 6.86. The Labute approximate surface area is 389 Å². The van der Waals surface area contributed by atoms with E-state index in [4.69, 9.17) is 0 Å². The first-order valence-corrected chi connectivity index (χ1v) is 23.9. The molecule has 0 aliphatic heterocycles. The highest BCUT2D eigenvalue weighted by molar-refractivity contribution is 6.05. The number of anilines is 6. The molecular weight excluding hydrogens is 797 g/mol. The van der Waals surface area contributed by atoms with Gasteiger partial charge in [-0.3, -0.25) is 0 Å². The van der Waals surface area contributed by atoms with Crippen molar-refractivity contribution in [3.05, 3.63) is 226 Å². The van der Waals surface area contributed by atoms with E-state index < -0.39 is 0 Å². The van der Waals surface area contributed by atoms with Crippen molar-refractivity contribution >= 4 is 66.4 Å². The Morgan fingerprint density at radius 2 is 0.591 bits per heavy atom. The Bertz CT molecular complexity index is 3160. The van der Waals surface area contributed by atoms with E-state index in [0.717, 1.165) is 48.4 Å². The van der Waals surface area contributed by atoms with E-state index in [1.54, 1.807) is 21.9 Å². The van der Waals surface area contributed by atoms with Crippen LogP contribution < -0.4 is 9.80 Å². The average molecular weight is 851 g/mol. The lowest BCUT2D eigenvalue weighted by atomic mass is 9.75. The van der Waals surface area contributed by atoms with Crippen molar-refractivity contribution in [1.82, 2.24) is 0 Å². The lowest BCUT2D eigenvalue weighted by Gasteiger charge is -2.29. The van der Waals surface area contributed by atoms with Crippen molar-refractivity contribution in [2.24, 2.45) is 0 Å². The summed E-state index contributed by atoms with van der Waals surface area (Å²) in [7, 11) is 0. The summed E-state index contributed by atoms with van der Waals surface area (Å²) >= 11 is 0. The summed E-state index contributed by atoms with van der Waals surface area (Å²) in [6.45, 7) is 8.60. The molecule has 10 aromatic rings. The van der Waals surface area contributed by atoms with Crippen LogP contribution in [0.2, 0.25) is 0 Å². The first kappa shape index (κ1) is 40.1. The Hall–Kier alpha value is -7.42. The van der Waals surface area contributed by atoms with Gasteiger partial charge in [0.1, 0.15) is 0 Å². The predicted molar refractivity (Wildman–Crippen MR) is 282 cm³/mol. The molecule has 0 atom stereocenters. The topological polar surface area (TPSA) is 6.48 Å². The molecule has 0 spiro atoms. The van der Waals surface area contributed by atoms with Gasteiger partial charge in [-0.15, -0.1) is 0 Å². The number of hydrogen-bond donors (Lipinski definition) is 0. The van der Waals surface area contributed by atoms with E-state index in [0.29, 0.717) is 0 Å². The largest absolute Gasteiger partial charge is 0.310 e. The van der Waals surface area contributed by atoms with E-state index in [-0.39, 0.29) is 0 Å². The van der Waals surface area contributed by atoms with Gasteiger partial charge in [0.25, 0.3) is 0 Å². The fourth-order valence-electron chi connectivity index (χ4n) is 11.0. The van der Waals surface area contributed by atoms with Crippen molar-refractivity contribution < 1.29 is 0 Å². The third-order valence-corrected chi connectivity index (χ3v) is 14.5. The van der Waals surface area contributed by atoms with Crippen LogP contribution in [0, 0.1) is 27.7 Å². The fraction of sp³-hybridized carbons (Fsp3) is 0.156. The lowest BCUT2D eigenvalue weighted by molar-refractivity contribution is 0.788. The minimum atomic E-state index is 1.12. The number of rotatable bonds is 8. The van der Waals surface area contributed by atoms with Crippen LogP contribution in [0.5, 0.6) is 0 Å². The highest BCUT2D eigenvalue weighted by Crippen LogP contribution is 2.47. The van der Waals surface area contributed by atoms with Gasteiger partial charge in [0, 0.05) is 34.1 Å². The van der Waals surface area contributed by atoms with Crippen molar-refractivity contribution in [1.29, 1.82) is 0 Å². The molecule has 0 fully saturated rings. The van der Waals surface area contributed by atoms with Crippen LogP contribution in [0.1, 0.15) is 57.3 Å². The van der Waals surface area contributed by atoms with Crippen LogP contribution in [0.4, 0.5) is 34.1 Å². The molecule has 0 radical (unpaired) electrons. The molecule has 0 amide bonds. The molecule has 0 N–H and O–H groups in total. The van der Waals surface area contributed by atoms with Crippen LogP contribution >= 0.6 is 0 Å². The van der Waals surface area contributed by atoms with Gasteiger partial charge < -0.3 is 9.80 Å². The summed E-state index contributed by atoms with van der Waals surface area (Å²) in [5, 5.41) is 8.16. The number of benzene rings is 10. The van der Waals surface area contributed by atoms with Gasteiger partial charge in [-0.1, -0.05) is 119 Å². The Morgan fingerprint density at radius 1 is 0.288 bits per heavy atom. The second kappa shape index (κ2) is 16.2. The van der Waals surface area contributed by atoms with Gasteiger partial charge in [0.2, 0.25) is 0 Å². The first-order chi connectivity index (χ1) is 32.3. The monoisotopic (exact) mass is 850 g/mol. The second-order valence-electron chi connectivity index (χ2n) is 19.1. The van der Waals surface area contributed by atoms with Crippen LogP contribution in [-0.4, -0.2) is 0 Å². The van der Waals surface area contributed by atoms with Gasteiger partial charge in [-0.2, -0.15) is 0 Å². The number of nitrogens with zero attached hydrogens (tertiary/aromatic N) is 2. The summed E-state index contributed by atoms with van der Waals surface area (Å²) in [5.41, 5.74) is 23.7. The van der Waals surface area contributed by atoms with E-state index in [1.165, 1.54) is 101 Å². The Morgan fingerprint density at radius 3 is 0.939 bits per heavy atom. The molecule has 2 aliphatic carbocycles. The summed E-state index contributed by atoms with van der Waals surface area (Å²) < 4.78 is 0. The van der Waals surface area contributed by atoms with Gasteiger partial charge in [0.05, 0.1) is 0 Å².